The number of para-hydroxylation sites is 1. The van der Waals surface area contributed by atoms with Crippen molar-refractivity contribution >= 4 is 5.91 Å². The van der Waals surface area contributed by atoms with Gasteiger partial charge in [-0.1, -0.05) is 18.2 Å². The standard InChI is InChI=1S/C20H26N2O3/c1-14-10-19(15(2)22(14)17-6-4-3-5-7-17)20(24)21-11-18(23)13-25-12-16-8-9-16/h3-7,10,16,18,23H,8-9,11-13H2,1-2H3,(H,21,24). The summed E-state index contributed by atoms with van der Waals surface area (Å²) in [5, 5.41) is 12.7. The van der Waals surface area contributed by atoms with Crippen LogP contribution in [0.2, 0.25) is 0 Å². The molecule has 0 spiro atoms. The molecule has 1 fully saturated rings. The van der Waals surface area contributed by atoms with E-state index in [0.29, 0.717) is 18.1 Å². The molecule has 1 aliphatic carbocycles. The molecule has 2 N–H and O–H groups in total. The minimum Gasteiger partial charge on any atom is -0.389 e. The van der Waals surface area contributed by atoms with Crippen molar-refractivity contribution in [2.45, 2.75) is 32.8 Å². The number of benzene rings is 1. The van der Waals surface area contributed by atoms with Gasteiger partial charge in [-0.3, -0.25) is 4.79 Å². The van der Waals surface area contributed by atoms with Crippen LogP contribution in [0, 0.1) is 19.8 Å². The summed E-state index contributed by atoms with van der Waals surface area (Å²) in [6, 6.07) is 11.8. The monoisotopic (exact) mass is 342 g/mol. The Hall–Kier alpha value is -2.11. The van der Waals surface area contributed by atoms with Crippen LogP contribution >= 0.6 is 0 Å². The van der Waals surface area contributed by atoms with Gasteiger partial charge in [-0.05, 0) is 50.8 Å². The number of aryl methyl sites for hydroxylation is 1. The highest BCUT2D eigenvalue weighted by Crippen LogP contribution is 2.28. The first kappa shape index (κ1) is 17.7. The fourth-order valence-corrected chi connectivity index (χ4v) is 2.99. The van der Waals surface area contributed by atoms with Crippen molar-refractivity contribution in [3.05, 3.63) is 53.3 Å². The number of nitrogens with zero attached hydrogens (tertiary/aromatic N) is 1. The summed E-state index contributed by atoms with van der Waals surface area (Å²) in [5.74, 6) is 0.502. The highest BCUT2D eigenvalue weighted by Gasteiger charge is 2.22. The number of nitrogens with one attached hydrogen (secondary N) is 1. The Labute approximate surface area is 148 Å². The van der Waals surface area contributed by atoms with E-state index < -0.39 is 6.10 Å². The lowest BCUT2D eigenvalue weighted by molar-refractivity contribution is 0.0320. The Morgan fingerprint density at radius 3 is 2.72 bits per heavy atom. The van der Waals surface area contributed by atoms with Gasteiger partial charge in [-0.25, -0.2) is 0 Å². The van der Waals surface area contributed by atoms with Gasteiger partial charge in [-0.15, -0.1) is 0 Å². The van der Waals surface area contributed by atoms with E-state index in [0.717, 1.165) is 17.1 Å². The zero-order valence-corrected chi connectivity index (χ0v) is 14.9. The number of rotatable bonds is 8. The second-order valence-corrected chi connectivity index (χ2v) is 6.80. The third kappa shape index (κ3) is 4.50. The molecule has 1 aliphatic rings. The Morgan fingerprint density at radius 2 is 2.04 bits per heavy atom. The molecule has 5 heteroatoms. The first-order valence-electron chi connectivity index (χ1n) is 8.84. The number of aromatic nitrogens is 1. The van der Waals surface area contributed by atoms with Crippen molar-refractivity contribution in [1.29, 1.82) is 0 Å². The maximum absolute atomic E-state index is 12.5. The van der Waals surface area contributed by atoms with Crippen LogP contribution in [-0.4, -0.2) is 41.4 Å². The number of aliphatic hydroxyl groups excluding tert-OH is 1. The van der Waals surface area contributed by atoms with Crippen LogP contribution in [0.1, 0.15) is 34.6 Å². The third-order valence-electron chi connectivity index (χ3n) is 4.55. The molecule has 1 atom stereocenters. The summed E-state index contributed by atoms with van der Waals surface area (Å²) in [6.45, 7) is 5.09. The van der Waals surface area contributed by atoms with Crippen LogP contribution in [0.25, 0.3) is 5.69 Å². The summed E-state index contributed by atoms with van der Waals surface area (Å²) in [4.78, 5) is 12.5. The molecule has 5 nitrogen and oxygen atoms in total. The summed E-state index contributed by atoms with van der Waals surface area (Å²) in [7, 11) is 0. The molecule has 25 heavy (non-hydrogen) atoms. The average molecular weight is 342 g/mol. The Kier molecular flexibility index (Phi) is 5.56. The number of hydrogen-bond donors (Lipinski definition) is 2. The van der Waals surface area contributed by atoms with Gasteiger partial charge in [0.05, 0.1) is 18.3 Å². The van der Waals surface area contributed by atoms with Crippen LogP contribution in [0.4, 0.5) is 0 Å². The molecule has 0 saturated heterocycles. The highest BCUT2D eigenvalue weighted by atomic mass is 16.5. The van der Waals surface area contributed by atoms with Gasteiger partial charge in [0.1, 0.15) is 0 Å². The Morgan fingerprint density at radius 1 is 1.32 bits per heavy atom. The largest absolute Gasteiger partial charge is 0.389 e. The lowest BCUT2D eigenvalue weighted by Gasteiger charge is -2.13. The molecular weight excluding hydrogens is 316 g/mol. The van der Waals surface area contributed by atoms with Crippen molar-refractivity contribution in [3.63, 3.8) is 0 Å². The number of hydrogen-bond acceptors (Lipinski definition) is 3. The molecular formula is C20H26N2O3. The SMILES string of the molecule is Cc1cc(C(=O)NCC(O)COCC2CC2)c(C)n1-c1ccccc1. The van der Waals surface area contributed by atoms with Gasteiger partial charge in [0.15, 0.2) is 0 Å². The number of ether oxygens (including phenoxy) is 1. The predicted molar refractivity (Wildman–Crippen MR) is 97.1 cm³/mol. The van der Waals surface area contributed by atoms with E-state index in [1.165, 1.54) is 12.8 Å². The predicted octanol–water partition coefficient (Wildman–Crippen LogP) is 2.61. The van der Waals surface area contributed by atoms with Crippen molar-refractivity contribution in [1.82, 2.24) is 9.88 Å². The van der Waals surface area contributed by atoms with Crippen molar-refractivity contribution in [2.24, 2.45) is 5.92 Å². The Balaban J connectivity index is 1.58. The van der Waals surface area contributed by atoms with Crippen molar-refractivity contribution in [2.75, 3.05) is 19.8 Å². The van der Waals surface area contributed by atoms with E-state index in [2.05, 4.69) is 9.88 Å². The quantitative estimate of drug-likeness (QED) is 0.775. The molecule has 0 aliphatic heterocycles. The van der Waals surface area contributed by atoms with Crippen molar-refractivity contribution in [3.8, 4) is 5.69 Å². The van der Waals surface area contributed by atoms with E-state index in [4.69, 9.17) is 4.74 Å². The third-order valence-corrected chi connectivity index (χ3v) is 4.55. The molecule has 1 heterocycles. The van der Waals surface area contributed by atoms with E-state index in [1.807, 2.05) is 50.2 Å². The average Bonchev–Trinajstić information content (AvgIpc) is 3.38. The lowest BCUT2D eigenvalue weighted by Crippen LogP contribution is -2.34. The first-order valence-corrected chi connectivity index (χ1v) is 8.84. The van der Waals surface area contributed by atoms with Crippen LogP contribution in [-0.2, 0) is 4.74 Å². The summed E-state index contributed by atoms with van der Waals surface area (Å²) in [5.41, 5.74) is 3.56. The Bertz CT molecular complexity index is 720. The van der Waals surface area contributed by atoms with Gasteiger partial charge in [0.25, 0.3) is 5.91 Å². The van der Waals surface area contributed by atoms with Crippen LogP contribution in [0.15, 0.2) is 36.4 Å². The minimum absolute atomic E-state index is 0.170. The van der Waals surface area contributed by atoms with Gasteiger partial charge in [-0.2, -0.15) is 0 Å². The van der Waals surface area contributed by atoms with Gasteiger partial charge < -0.3 is 19.7 Å². The molecule has 0 radical (unpaired) electrons. The van der Waals surface area contributed by atoms with Gasteiger partial charge in [0, 0.05) is 30.2 Å². The normalized spacial score (nSPS) is 15.2. The van der Waals surface area contributed by atoms with Crippen molar-refractivity contribution < 1.29 is 14.6 Å². The number of amides is 1. The maximum Gasteiger partial charge on any atom is 0.253 e. The van der Waals surface area contributed by atoms with E-state index >= 15 is 0 Å². The topological polar surface area (TPSA) is 63.5 Å². The molecule has 3 rings (SSSR count). The van der Waals surface area contributed by atoms with Crippen LogP contribution in [0.5, 0.6) is 0 Å². The molecule has 2 aromatic rings. The molecule has 1 amide bonds. The second kappa shape index (κ2) is 7.85. The van der Waals surface area contributed by atoms with E-state index in [-0.39, 0.29) is 19.1 Å². The molecule has 0 bridgehead atoms. The first-order chi connectivity index (χ1) is 12.1. The van der Waals surface area contributed by atoms with Crippen LogP contribution in [0.3, 0.4) is 0 Å². The molecule has 134 valence electrons. The van der Waals surface area contributed by atoms with Gasteiger partial charge >= 0.3 is 0 Å². The van der Waals surface area contributed by atoms with Gasteiger partial charge in [0.2, 0.25) is 0 Å². The number of aliphatic hydroxyl groups is 1. The summed E-state index contributed by atoms with van der Waals surface area (Å²) < 4.78 is 7.52. The molecule has 1 unspecified atom stereocenters. The van der Waals surface area contributed by atoms with E-state index in [9.17, 15) is 9.90 Å². The number of carbonyl (C=O) groups is 1. The molecule has 1 saturated carbocycles. The molecule has 1 aromatic carbocycles. The summed E-state index contributed by atoms with van der Waals surface area (Å²) >= 11 is 0. The zero-order chi connectivity index (χ0) is 17.8. The highest BCUT2D eigenvalue weighted by molar-refractivity contribution is 5.95. The maximum atomic E-state index is 12.5. The zero-order valence-electron chi connectivity index (χ0n) is 14.9. The molecule has 1 aromatic heterocycles. The fourth-order valence-electron chi connectivity index (χ4n) is 2.99. The van der Waals surface area contributed by atoms with E-state index in [1.54, 1.807) is 0 Å². The van der Waals surface area contributed by atoms with Crippen LogP contribution < -0.4 is 5.32 Å². The minimum atomic E-state index is -0.680. The number of carbonyl (C=O) groups excluding carboxylic acids is 1. The lowest BCUT2D eigenvalue weighted by atomic mass is 10.2. The smallest absolute Gasteiger partial charge is 0.253 e. The summed E-state index contributed by atoms with van der Waals surface area (Å²) in [6.07, 6.45) is 1.77. The fraction of sp³-hybridized carbons (Fsp3) is 0.450. The second-order valence-electron chi connectivity index (χ2n) is 6.80.